The Hall–Kier alpha value is -3.74. The van der Waals surface area contributed by atoms with Crippen LogP contribution >= 0.6 is 0 Å². The number of rotatable bonds is 2. The molecule has 29 heavy (non-hydrogen) atoms. The number of carbonyl (C=O) groups is 1. The SMILES string of the molecule is N#Cc1ccc(F)cn1.O=C(c1cc(F)cc(C(F)(F)F)c1)c1ccc(F)cn1. The Kier molecular flexibility index (Phi) is 6.67. The van der Waals surface area contributed by atoms with Crippen molar-refractivity contribution in [3.63, 3.8) is 0 Å². The van der Waals surface area contributed by atoms with Crippen molar-refractivity contribution in [2.24, 2.45) is 0 Å². The first-order chi connectivity index (χ1) is 13.6. The Bertz CT molecular complexity index is 1040. The molecule has 0 aliphatic carbocycles. The molecule has 0 spiro atoms. The summed E-state index contributed by atoms with van der Waals surface area (Å²) in [6.07, 6.45) is -3.01. The molecule has 1 aromatic carbocycles. The molecule has 148 valence electrons. The fraction of sp³-hybridized carbons (Fsp3) is 0.0526. The fourth-order valence-corrected chi connectivity index (χ4v) is 1.98. The fourth-order valence-electron chi connectivity index (χ4n) is 1.98. The van der Waals surface area contributed by atoms with Crippen molar-refractivity contribution < 1.29 is 31.1 Å². The van der Waals surface area contributed by atoms with Crippen LogP contribution < -0.4 is 0 Å². The summed E-state index contributed by atoms with van der Waals surface area (Å²) < 4.78 is 75.4. The first-order valence-corrected chi connectivity index (χ1v) is 7.66. The van der Waals surface area contributed by atoms with Gasteiger partial charge in [0.1, 0.15) is 34.9 Å². The lowest BCUT2D eigenvalue weighted by Crippen LogP contribution is -2.10. The standard InChI is InChI=1S/C13H6F5NO.C6H3FN2/c14-9-1-2-11(19-6-9)12(20)7-3-8(13(16,17)18)5-10(15)4-7;7-5-1-2-6(3-8)9-4-5/h1-6H;1-2,4H. The highest BCUT2D eigenvalue weighted by molar-refractivity contribution is 6.07. The van der Waals surface area contributed by atoms with E-state index in [9.17, 15) is 31.1 Å². The van der Waals surface area contributed by atoms with Crippen molar-refractivity contribution in [1.82, 2.24) is 9.97 Å². The molecule has 0 unspecified atom stereocenters. The third-order valence-corrected chi connectivity index (χ3v) is 3.29. The quantitative estimate of drug-likeness (QED) is 0.455. The van der Waals surface area contributed by atoms with E-state index in [1.54, 1.807) is 6.07 Å². The minimum absolute atomic E-state index is 0.233. The van der Waals surface area contributed by atoms with E-state index < -0.39 is 40.5 Å². The van der Waals surface area contributed by atoms with Crippen molar-refractivity contribution in [3.8, 4) is 6.07 Å². The topological polar surface area (TPSA) is 66.6 Å². The third-order valence-electron chi connectivity index (χ3n) is 3.29. The van der Waals surface area contributed by atoms with Gasteiger partial charge in [-0.1, -0.05) is 0 Å². The Balaban J connectivity index is 0.000000278. The zero-order chi connectivity index (χ0) is 21.6. The molecule has 3 aromatic rings. The molecule has 4 nitrogen and oxygen atoms in total. The maximum absolute atomic E-state index is 13.2. The van der Waals surface area contributed by atoms with Crippen LogP contribution in [0, 0.1) is 28.8 Å². The molecule has 0 bridgehead atoms. The molecule has 0 radical (unpaired) electrons. The van der Waals surface area contributed by atoms with Crippen LogP contribution in [0.2, 0.25) is 0 Å². The molecular formula is C19H9F6N3O. The minimum Gasteiger partial charge on any atom is -0.287 e. The molecule has 0 amide bonds. The van der Waals surface area contributed by atoms with Gasteiger partial charge in [0, 0.05) is 5.56 Å². The highest BCUT2D eigenvalue weighted by Crippen LogP contribution is 2.30. The van der Waals surface area contributed by atoms with Gasteiger partial charge >= 0.3 is 6.18 Å². The van der Waals surface area contributed by atoms with E-state index in [1.165, 1.54) is 12.1 Å². The van der Waals surface area contributed by atoms with E-state index in [0.29, 0.717) is 12.1 Å². The molecule has 0 aliphatic rings. The predicted octanol–water partition coefficient (Wildman–Crippen LogP) is 4.70. The molecule has 3 rings (SSSR count). The Morgan fingerprint density at radius 1 is 0.862 bits per heavy atom. The van der Waals surface area contributed by atoms with Gasteiger partial charge in [0.05, 0.1) is 18.0 Å². The lowest BCUT2D eigenvalue weighted by atomic mass is 10.0. The highest BCUT2D eigenvalue weighted by atomic mass is 19.4. The highest BCUT2D eigenvalue weighted by Gasteiger charge is 2.32. The Morgan fingerprint density at radius 3 is 1.97 bits per heavy atom. The van der Waals surface area contributed by atoms with Crippen molar-refractivity contribution in [1.29, 1.82) is 5.26 Å². The zero-order valence-electron chi connectivity index (χ0n) is 14.2. The van der Waals surface area contributed by atoms with E-state index in [4.69, 9.17) is 5.26 Å². The molecule has 0 aliphatic heterocycles. The van der Waals surface area contributed by atoms with E-state index in [2.05, 4.69) is 9.97 Å². The molecule has 0 N–H and O–H groups in total. The van der Waals surface area contributed by atoms with Gasteiger partial charge in [-0.25, -0.2) is 23.1 Å². The summed E-state index contributed by atoms with van der Waals surface area (Å²) in [5, 5.41) is 8.19. The van der Waals surface area contributed by atoms with Gasteiger partial charge in [0.25, 0.3) is 0 Å². The van der Waals surface area contributed by atoms with Crippen molar-refractivity contribution in [2.45, 2.75) is 6.18 Å². The van der Waals surface area contributed by atoms with E-state index in [-0.39, 0.29) is 17.5 Å². The van der Waals surface area contributed by atoms with Crippen molar-refractivity contribution in [3.05, 3.63) is 94.8 Å². The number of nitrogens with zero attached hydrogens (tertiary/aromatic N) is 3. The van der Waals surface area contributed by atoms with Gasteiger partial charge < -0.3 is 0 Å². The molecule has 0 saturated heterocycles. The smallest absolute Gasteiger partial charge is 0.287 e. The average molecular weight is 409 g/mol. The third kappa shape index (κ3) is 6.14. The minimum atomic E-state index is -4.77. The van der Waals surface area contributed by atoms with Gasteiger partial charge in [0.15, 0.2) is 0 Å². The summed E-state index contributed by atoms with van der Waals surface area (Å²) >= 11 is 0. The number of alkyl halides is 3. The summed E-state index contributed by atoms with van der Waals surface area (Å²) in [4.78, 5) is 18.8. The summed E-state index contributed by atoms with van der Waals surface area (Å²) in [6, 6.07) is 7.73. The summed E-state index contributed by atoms with van der Waals surface area (Å²) in [7, 11) is 0. The summed E-state index contributed by atoms with van der Waals surface area (Å²) in [5.74, 6) is -3.23. The molecule has 2 aromatic heterocycles. The molecular weight excluding hydrogens is 400 g/mol. The Morgan fingerprint density at radius 2 is 1.48 bits per heavy atom. The van der Waals surface area contributed by atoms with Gasteiger partial charge in [0.2, 0.25) is 5.78 Å². The Labute approximate surface area is 160 Å². The number of aromatic nitrogens is 2. The number of ketones is 1. The van der Waals surface area contributed by atoms with Crippen molar-refractivity contribution in [2.75, 3.05) is 0 Å². The number of hydrogen-bond acceptors (Lipinski definition) is 4. The van der Waals surface area contributed by atoms with Crippen LogP contribution in [0.25, 0.3) is 0 Å². The number of benzene rings is 1. The van der Waals surface area contributed by atoms with Gasteiger partial charge in [-0.15, -0.1) is 0 Å². The average Bonchev–Trinajstić information content (AvgIpc) is 2.68. The monoisotopic (exact) mass is 409 g/mol. The number of hydrogen-bond donors (Lipinski definition) is 0. The van der Waals surface area contributed by atoms with Crippen LogP contribution in [0.4, 0.5) is 26.3 Å². The number of nitriles is 1. The van der Waals surface area contributed by atoms with Crippen LogP contribution in [-0.4, -0.2) is 15.8 Å². The maximum atomic E-state index is 13.2. The predicted molar refractivity (Wildman–Crippen MR) is 87.9 cm³/mol. The van der Waals surface area contributed by atoms with Crippen LogP contribution in [-0.2, 0) is 6.18 Å². The van der Waals surface area contributed by atoms with E-state index >= 15 is 0 Å². The second kappa shape index (κ2) is 8.97. The van der Waals surface area contributed by atoms with Gasteiger partial charge in [-0.2, -0.15) is 18.4 Å². The number of carbonyl (C=O) groups excluding carboxylic acids is 1. The lowest BCUT2D eigenvalue weighted by molar-refractivity contribution is -0.137. The largest absolute Gasteiger partial charge is 0.416 e. The summed E-state index contributed by atoms with van der Waals surface area (Å²) in [6.45, 7) is 0. The zero-order valence-corrected chi connectivity index (χ0v) is 14.2. The molecule has 0 fully saturated rings. The number of pyridine rings is 2. The maximum Gasteiger partial charge on any atom is 0.416 e. The summed E-state index contributed by atoms with van der Waals surface area (Å²) in [5.41, 5.74) is -1.82. The second-order valence-corrected chi connectivity index (χ2v) is 5.39. The van der Waals surface area contributed by atoms with Crippen LogP contribution in [0.15, 0.2) is 54.9 Å². The first-order valence-electron chi connectivity index (χ1n) is 7.66. The van der Waals surface area contributed by atoms with Crippen LogP contribution in [0.5, 0.6) is 0 Å². The van der Waals surface area contributed by atoms with Crippen LogP contribution in [0.1, 0.15) is 27.3 Å². The normalized spacial score (nSPS) is 10.5. The molecule has 0 saturated carbocycles. The molecule has 2 heterocycles. The lowest BCUT2D eigenvalue weighted by Gasteiger charge is -2.08. The van der Waals surface area contributed by atoms with Crippen molar-refractivity contribution >= 4 is 5.78 Å². The molecule has 0 atom stereocenters. The van der Waals surface area contributed by atoms with Gasteiger partial charge in [-0.3, -0.25) is 4.79 Å². The number of halogens is 6. The molecule has 10 heteroatoms. The van der Waals surface area contributed by atoms with Gasteiger partial charge in [-0.05, 0) is 42.5 Å². The van der Waals surface area contributed by atoms with E-state index in [1.807, 2.05) is 0 Å². The van der Waals surface area contributed by atoms with E-state index in [0.717, 1.165) is 24.5 Å². The first kappa shape index (κ1) is 21.6. The van der Waals surface area contributed by atoms with Crippen LogP contribution in [0.3, 0.4) is 0 Å². The second-order valence-electron chi connectivity index (χ2n) is 5.39.